The molecule has 4 N–H and O–H groups in total. The molecule has 0 radical (unpaired) electrons. The number of carbonyl (C=O) groups excluding carboxylic acids is 4. The van der Waals surface area contributed by atoms with E-state index in [2.05, 4.69) is 20.3 Å². The highest BCUT2D eigenvalue weighted by Crippen LogP contribution is 2.30. The average Bonchev–Trinajstić information content (AvgIpc) is 3.32. The van der Waals surface area contributed by atoms with Crippen molar-refractivity contribution in [3.8, 4) is 0 Å². The van der Waals surface area contributed by atoms with Crippen molar-refractivity contribution in [3.05, 3.63) is 35.7 Å². The second-order valence-corrected chi connectivity index (χ2v) is 5.94. The molecular weight excluding hydrogens is 372 g/mol. The summed E-state index contributed by atoms with van der Waals surface area (Å²) >= 11 is 0. The maximum atomic E-state index is 12.8. The Bertz CT molecular complexity index is 943. The molecule has 146 valence electrons. The Morgan fingerprint density at radius 2 is 1.93 bits per heavy atom. The predicted octanol–water partition coefficient (Wildman–Crippen LogP) is -2.11. The van der Waals surface area contributed by atoms with Gasteiger partial charge in [0.25, 0.3) is 17.7 Å². The minimum atomic E-state index is -0.977. The second-order valence-electron chi connectivity index (χ2n) is 5.94. The van der Waals surface area contributed by atoms with Gasteiger partial charge in [-0.3, -0.25) is 19.4 Å². The van der Waals surface area contributed by atoms with Crippen LogP contribution in [-0.2, 0) is 9.53 Å². The summed E-state index contributed by atoms with van der Waals surface area (Å²) in [4.78, 5) is 57.3. The fourth-order valence-corrected chi connectivity index (χ4v) is 3.08. The third-order valence-corrected chi connectivity index (χ3v) is 4.30. The number of carbonyl (C=O) groups is 4. The van der Waals surface area contributed by atoms with E-state index in [0.717, 1.165) is 4.68 Å². The minimum absolute atomic E-state index is 0.0307. The normalized spacial score (nSPS) is 18.7. The molecule has 3 heterocycles. The molecule has 1 aliphatic rings. The van der Waals surface area contributed by atoms with Crippen molar-refractivity contribution in [2.24, 2.45) is 11.5 Å². The SMILES string of the molecule is COC(=O)[C@@H]1C[C@H](n2nnc(C(N)=O)c2C(N)=O)CN1C(=O)c1cnccn1. The van der Waals surface area contributed by atoms with Crippen molar-refractivity contribution < 1.29 is 23.9 Å². The van der Waals surface area contributed by atoms with Gasteiger partial charge in [-0.15, -0.1) is 5.10 Å². The van der Waals surface area contributed by atoms with Crippen LogP contribution in [0, 0.1) is 0 Å². The summed E-state index contributed by atoms with van der Waals surface area (Å²) in [6.45, 7) is -0.0307. The van der Waals surface area contributed by atoms with Gasteiger partial charge in [0, 0.05) is 25.4 Å². The summed E-state index contributed by atoms with van der Waals surface area (Å²) in [5.41, 5.74) is 9.88. The van der Waals surface area contributed by atoms with Crippen LogP contribution < -0.4 is 11.5 Å². The average molecular weight is 388 g/mol. The molecule has 1 saturated heterocycles. The summed E-state index contributed by atoms with van der Waals surface area (Å²) in [6.07, 6.45) is 4.07. The highest BCUT2D eigenvalue weighted by atomic mass is 16.5. The molecule has 0 spiro atoms. The molecule has 2 atom stereocenters. The van der Waals surface area contributed by atoms with Crippen molar-refractivity contribution in [2.75, 3.05) is 13.7 Å². The number of primary amides is 2. The number of hydrogen-bond acceptors (Lipinski definition) is 9. The molecule has 0 bridgehead atoms. The number of likely N-dealkylation sites (tertiary alicyclic amines) is 1. The zero-order valence-electron chi connectivity index (χ0n) is 14.7. The molecule has 0 aliphatic carbocycles. The van der Waals surface area contributed by atoms with Crippen LogP contribution in [-0.4, -0.2) is 73.2 Å². The Labute approximate surface area is 157 Å². The quantitative estimate of drug-likeness (QED) is 0.540. The summed E-state index contributed by atoms with van der Waals surface area (Å²) in [5, 5.41) is 7.37. The Morgan fingerprint density at radius 3 is 2.50 bits per heavy atom. The van der Waals surface area contributed by atoms with Gasteiger partial charge in [-0.25, -0.2) is 14.5 Å². The number of hydrogen-bond donors (Lipinski definition) is 2. The Balaban J connectivity index is 1.98. The van der Waals surface area contributed by atoms with Crippen LogP contribution in [0.15, 0.2) is 18.6 Å². The number of esters is 1. The number of methoxy groups -OCH3 is 1. The Morgan fingerprint density at radius 1 is 1.18 bits per heavy atom. The number of amides is 3. The molecule has 13 nitrogen and oxygen atoms in total. The lowest BCUT2D eigenvalue weighted by Gasteiger charge is -2.21. The lowest BCUT2D eigenvalue weighted by Crippen LogP contribution is -2.41. The molecule has 2 aromatic rings. The lowest BCUT2D eigenvalue weighted by atomic mass is 10.1. The van der Waals surface area contributed by atoms with Crippen LogP contribution in [0.1, 0.15) is 43.9 Å². The van der Waals surface area contributed by atoms with Crippen LogP contribution in [0.4, 0.5) is 0 Å². The van der Waals surface area contributed by atoms with E-state index in [0.29, 0.717) is 0 Å². The van der Waals surface area contributed by atoms with Crippen molar-refractivity contribution >= 4 is 23.7 Å². The maximum Gasteiger partial charge on any atom is 0.328 e. The van der Waals surface area contributed by atoms with Gasteiger partial charge in [0.15, 0.2) is 11.4 Å². The van der Waals surface area contributed by atoms with Crippen LogP contribution in [0.25, 0.3) is 0 Å². The van der Waals surface area contributed by atoms with E-state index in [4.69, 9.17) is 16.2 Å². The number of aromatic nitrogens is 5. The van der Waals surface area contributed by atoms with Crippen LogP contribution >= 0.6 is 0 Å². The summed E-state index contributed by atoms with van der Waals surface area (Å²) in [5.74, 6) is -3.15. The van der Waals surface area contributed by atoms with Gasteiger partial charge in [0.1, 0.15) is 11.7 Å². The van der Waals surface area contributed by atoms with E-state index in [-0.39, 0.29) is 30.0 Å². The highest BCUT2D eigenvalue weighted by molar-refractivity contribution is 6.03. The van der Waals surface area contributed by atoms with E-state index in [1.807, 2.05) is 0 Å². The first-order valence-corrected chi connectivity index (χ1v) is 8.04. The number of ether oxygens (including phenoxy) is 1. The van der Waals surface area contributed by atoms with Crippen molar-refractivity contribution in [2.45, 2.75) is 18.5 Å². The van der Waals surface area contributed by atoms with Gasteiger partial charge in [-0.1, -0.05) is 5.21 Å². The second kappa shape index (κ2) is 7.38. The molecule has 3 amide bonds. The number of rotatable bonds is 5. The van der Waals surface area contributed by atoms with Crippen molar-refractivity contribution in [1.82, 2.24) is 29.9 Å². The van der Waals surface area contributed by atoms with Crippen LogP contribution in [0.3, 0.4) is 0 Å². The molecular formula is C15H16N8O5. The third kappa shape index (κ3) is 3.24. The molecule has 0 unspecified atom stereocenters. The summed E-state index contributed by atoms with van der Waals surface area (Å²) in [6, 6.07) is -1.64. The first-order valence-electron chi connectivity index (χ1n) is 8.04. The smallest absolute Gasteiger partial charge is 0.328 e. The summed E-state index contributed by atoms with van der Waals surface area (Å²) in [7, 11) is 1.19. The van der Waals surface area contributed by atoms with Gasteiger partial charge >= 0.3 is 5.97 Å². The van der Waals surface area contributed by atoms with Crippen LogP contribution in [0.2, 0.25) is 0 Å². The van der Waals surface area contributed by atoms with E-state index >= 15 is 0 Å². The van der Waals surface area contributed by atoms with E-state index in [9.17, 15) is 19.2 Å². The number of nitrogens with two attached hydrogens (primary N) is 2. The van der Waals surface area contributed by atoms with Gasteiger partial charge in [0.2, 0.25) is 0 Å². The van der Waals surface area contributed by atoms with Gasteiger partial charge < -0.3 is 21.1 Å². The molecule has 28 heavy (non-hydrogen) atoms. The molecule has 0 saturated carbocycles. The lowest BCUT2D eigenvalue weighted by molar-refractivity contribution is -0.145. The third-order valence-electron chi connectivity index (χ3n) is 4.30. The van der Waals surface area contributed by atoms with Gasteiger partial charge in [-0.05, 0) is 0 Å². The van der Waals surface area contributed by atoms with Gasteiger partial charge in [-0.2, -0.15) is 0 Å². The topological polar surface area (TPSA) is 189 Å². The highest BCUT2D eigenvalue weighted by Gasteiger charge is 2.43. The zero-order chi connectivity index (χ0) is 20.4. The molecule has 2 aromatic heterocycles. The molecule has 3 rings (SSSR count). The molecule has 1 aliphatic heterocycles. The first kappa shape index (κ1) is 18.9. The maximum absolute atomic E-state index is 12.8. The molecule has 0 aromatic carbocycles. The standard InChI is InChI=1S/C15H16N8O5/c1-28-15(27)9-4-7(6-22(9)14(26)8-5-18-2-3-19-8)23-11(13(17)25)10(12(16)24)20-21-23/h2-3,5,7,9H,4,6H2,1H3,(H2,16,24)(H2,17,25)/t7-,9-/m0/s1. The van der Waals surface area contributed by atoms with Crippen LogP contribution in [0.5, 0.6) is 0 Å². The van der Waals surface area contributed by atoms with E-state index in [1.165, 1.54) is 30.6 Å². The first-order chi connectivity index (χ1) is 13.3. The summed E-state index contributed by atoms with van der Waals surface area (Å²) < 4.78 is 5.88. The van der Waals surface area contributed by atoms with Gasteiger partial charge in [0.05, 0.1) is 19.3 Å². The number of nitrogens with zero attached hydrogens (tertiary/aromatic N) is 6. The largest absolute Gasteiger partial charge is 0.467 e. The minimum Gasteiger partial charge on any atom is -0.467 e. The molecule has 13 heteroatoms. The van der Waals surface area contributed by atoms with Crippen molar-refractivity contribution in [3.63, 3.8) is 0 Å². The zero-order valence-corrected chi connectivity index (χ0v) is 14.7. The van der Waals surface area contributed by atoms with E-state index < -0.39 is 35.8 Å². The van der Waals surface area contributed by atoms with Crippen molar-refractivity contribution in [1.29, 1.82) is 0 Å². The van der Waals surface area contributed by atoms with E-state index in [1.54, 1.807) is 0 Å². The Hall–Kier alpha value is -3.90. The molecule has 1 fully saturated rings. The monoisotopic (exact) mass is 388 g/mol. The fraction of sp³-hybridized carbons (Fsp3) is 0.333. The fourth-order valence-electron chi connectivity index (χ4n) is 3.08. The Kier molecular flexibility index (Phi) is 4.98. The predicted molar refractivity (Wildman–Crippen MR) is 89.6 cm³/mol.